The van der Waals surface area contributed by atoms with Crippen LogP contribution in [0.15, 0.2) is 30.3 Å². The molecule has 0 radical (unpaired) electrons. The maximum absolute atomic E-state index is 12.9. The van der Waals surface area contributed by atoms with Gasteiger partial charge in [0, 0.05) is 44.5 Å². The number of piperazine rings is 1. The van der Waals surface area contributed by atoms with Gasteiger partial charge in [-0.1, -0.05) is 25.1 Å². The van der Waals surface area contributed by atoms with Gasteiger partial charge in [0.2, 0.25) is 5.91 Å². The Morgan fingerprint density at radius 2 is 1.71 bits per heavy atom. The fourth-order valence-corrected chi connectivity index (χ4v) is 3.45. The van der Waals surface area contributed by atoms with Gasteiger partial charge < -0.3 is 10.0 Å². The van der Waals surface area contributed by atoms with Crippen molar-refractivity contribution in [1.82, 2.24) is 9.80 Å². The summed E-state index contributed by atoms with van der Waals surface area (Å²) >= 11 is 0. The first-order chi connectivity index (χ1) is 11.6. The van der Waals surface area contributed by atoms with Gasteiger partial charge in [-0.25, -0.2) is 0 Å². The van der Waals surface area contributed by atoms with Gasteiger partial charge in [-0.2, -0.15) is 0 Å². The molecule has 5 heteroatoms. The fourth-order valence-electron chi connectivity index (χ4n) is 3.45. The van der Waals surface area contributed by atoms with Crippen molar-refractivity contribution in [3.63, 3.8) is 0 Å². The number of carbonyl (C=O) groups is 1. The molecule has 2 rings (SSSR count). The van der Waals surface area contributed by atoms with Crippen LogP contribution in [0.4, 0.5) is 5.69 Å². The zero-order valence-corrected chi connectivity index (χ0v) is 15.2. The highest BCUT2D eigenvalue weighted by molar-refractivity contribution is 5.96. The van der Waals surface area contributed by atoms with Crippen LogP contribution in [0.3, 0.4) is 0 Å². The maximum atomic E-state index is 12.9. The second-order valence-corrected chi connectivity index (χ2v) is 6.41. The topological polar surface area (TPSA) is 47.0 Å². The van der Waals surface area contributed by atoms with Gasteiger partial charge in [-0.3, -0.25) is 14.6 Å². The minimum absolute atomic E-state index is 0.124. The van der Waals surface area contributed by atoms with Crippen LogP contribution in [0.1, 0.15) is 27.2 Å². The summed E-state index contributed by atoms with van der Waals surface area (Å²) in [5.74, 6) is 0.159. The van der Waals surface area contributed by atoms with Gasteiger partial charge in [-0.05, 0) is 32.4 Å². The summed E-state index contributed by atoms with van der Waals surface area (Å²) in [5.41, 5.74) is 0.960. The molecule has 1 aromatic rings. The number of aliphatic hydroxyl groups excluding tert-OH is 1. The third-order valence-corrected chi connectivity index (χ3v) is 5.10. The van der Waals surface area contributed by atoms with Crippen molar-refractivity contribution in [3.05, 3.63) is 30.3 Å². The summed E-state index contributed by atoms with van der Waals surface area (Å²) in [6, 6.07) is 9.99. The summed E-state index contributed by atoms with van der Waals surface area (Å²) in [6.45, 7) is 10.6. The minimum atomic E-state index is -0.124. The molecule has 1 aliphatic heterocycles. The zero-order chi connectivity index (χ0) is 17.5. The lowest BCUT2D eigenvalue weighted by Crippen LogP contribution is -2.56. The van der Waals surface area contributed by atoms with Crippen molar-refractivity contribution in [2.45, 2.75) is 39.3 Å². The number of nitrogens with zero attached hydrogens (tertiary/aromatic N) is 3. The number of carbonyl (C=O) groups excluding carboxylic acids is 1. The zero-order valence-electron chi connectivity index (χ0n) is 15.2. The summed E-state index contributed by atoms with van der Waals surface area (Å²) < 4.78 is 0. The first-order valence-corrected chi connectivity index (χ1v) is 9.07. The first kappa shape index (κ1) is 18.9. The Bertz CT molecular complexity index is 497. The Balaban J connectivity index is 1.96. The highest BCUT2D eigenvalue weighted by atomic mass is 16.3. The van der Waals surface area contributed by atoms with Crippen LogP contribution < -0.4 is 4.90 Å². The Labute approximate surface area is 145 Å². The number of amides is 1. The molecular weight excluding hydrogens is 302 g/mol. The van der Waals surface area contributed by atoms with E-state index >= 15 is 0 Å². The molecule has 2 unspecified atom stereocenters. The highest BCUT2D eigenvalue weighted by Crippen LogP contribution is 2.17. The Morgan fingerprint density at radius 1 is 1.12 bits per heavy atom. The molecule has 1 saturated heterocycles. The van der Waals surface area contributed by atoms with E-state index in [1.54, 1.807) is 0 Å². The molecule has 0 saturated carbocycles. The van der Waals surface area contributed by atoms with E-state index in [2.05, 4.69) is 16.7 Å². The van der Waals surface area contributed by atoms with E-state index < -0.39 is 0 Å². The monoisotopic (exact) mass is 333 g/mol. The summed E-state index contributed by atoms with van der Waals surface area (Å²) in [4.78, 5) is 19.4. The molecule has 134 valence electrons. The van der Waals surface area contributed by atoms with Crippen LogP contribution in [0.25, 0.3) is 0 Å². The van der Waals surface area contributed by atoms with Crippen molar-refractivity contribution in [2.24, 2.45) is 0 Å². The number of likely N-dealkylation sites (N-methyl/N-ethyl adjacent to an activating group) is 1. The minimum Gasteiger partial charge on any atom is -0.395 e. The van der Waals surface area contributed by atoms with Gasteiger partial charge in [0.15, 0.2) is 0 Å². The average Bonchev–Trinajstić information content (AvgIpc) is 2.64. The van der Waals surface area contributed by atoms with E-state index in [1.165, 1.54) is 0 Å². The van der Waals surface area contributed by atoms with Crippen LogP contribution in [0.2, 0.25) is 0 Å². The largest absolute Gasteiger partial charge is 0.395 e. The third-order valence-electron chi connectivity index (χ3n) is 5.10. The number of para-hydroxylation sites is 1. The second kappa shape index (κ2) is 9.16. The van der Waals surface area contributed by atoms with Gasteiger partial charge in [-0.15, -0.1) is 0 Å². The number of benzene rings is 1. The molecule has 0 spiro atoms. The van der Waals surface area contributed by atoms with Crippen molar-refractivity contribution < 1.29 is 9.90 Å². The lowest BCUT2D eigenvalue weighted by Gasteiger charge is -2.41. The Kier molecular flexibility index (Phi) is 7.21. The second-order valence-electron chi connectivity index (χ2n) is 6.41. The standard InChI is InChI=1S/C19H31N3O2/c1-4-17(15-23)21-13-11-20(12-14-21)16(3)19(24)22(5-2)18-9-7-6-8-10-18/h6-10,16-17,23H,4-5,11-15H2,1-3H3. The highest BCUT2D eigenvalue weighted by Gasteiger charge is 2.30. The smallest absolute Gasteiger partial charge is 0.244 e. The van der Waals surface area contributed by atoms with Crippen molar-refractivity contribution >= 4 is 11.6 Å². The summed E-state index contributed by atoms with van der Waals surface area (Å²) in [5, 5.41) is 9.46. The molecule has 1 fully saturated rings. The van der Waals surface area contributed by atoms with Gasteiger partial charge in [0.25, 0.3) is 0 Å². The number of hydrogen-bond donors (Lipinski definition) is 1. The lowest BCUT2D eigenvalue weighted by atomic mass is 10.1. The molecule has 1 N–H and O–H groups in total. The molecule has 1 amide bonds. The SMILES string of the molecule is CCC(CO)N1CCN(C(C)C(=O)N(CC)c2ccccc2)CC1. The maximum Gasteiger partial charge on any atom is 0.244 e. The number of aliphatic hydroxyl groups is 1. The summed E-state index contributed by atoms with van der Waals surface area (Å²) in [6.07, 6.45) is 0.961. The van der Waals surface area contributed by atoms with E-state index in [0.717, 1.165) is 38.3 Å². The van der Waals surface area contributed by atoms with Gasteiger partial charge in [0.1, 0.15) is 0 Å². The van der Waals surface area contributed by atoms with E-state index in [1.807, 2.05) is 49.1 Å². The molecule has 0 aliphatic carbocycles. The van der Waals surface area contributed by atoms with Crippen LogP contribution in [-0.4, -0.2) is 72.2 Å². The van der Waals surface area contributed by atoms with Crippen LogP contribution >= 0.6 is 0 Å². The van der Waals surface area contributed by atoms with E-state index in [-0.39, 0.29) is 24.6 Å². The quantitative estimate of drug-likeness (QED) is 0.827. The molecule has 2 atom stereocenters. The molecule has 1 aliphatic rings. The lowest BCUT2D eigenvalue weighted by molar-refractivity contribution is -0.124. The normalized spacial score (nSPS) is 19.0. The van der Waals surface area contributed by atoms with Crippen molar-refractivity contribution in [3.8, 4) is 0 Å². The predicted molar refractivity (Wildman–Crippen MR) is 98.2 cm³/mol. The van der Waals surface area contributed by atoms with Crippen molar-refractivity contribution in [2.75, 3.05) is 44.2 Å². The Morgan fingerprint density at radius 3 is 2.21 bits per heavy atom. The molecule has 0 aromatic heterocycles. The first-order valence-electron chi connectivity index (χ1n) is 9.07. The van der Waals surface area contributed by atoms with E-state index in [0.29, 0.717) is 6.54 Å². The molecule has 1 aromatic carbocycles. The van der Waals surface area contributed by atoms with Crippen LogP contribution in [-0.2, 0) is 4.79 Å². The van der Waals surface area contributed by atoms with E-state index in [4.69, 9.17) is 0 Å². The molecule has 0 bridgehead atoms. The van der Waals surface area contributed by atoms with Crippen molar-refractivity contribution in [1.29, 1.82) is 0 Å². The van der Waals surface area contributed by atoms with Gasteiger partial charge >= 0.3 is 0 Å². The fraction of sp³-hybridized carbons (Fsp3) is 0.632. The van der Waals surface area contributed by atoms with E-state index in [9.17, 15) is 9.90 Å². The summed E-state index contributed by atoms with van der Waals surface area (Å²) in [7, 11) is 0. The number of rotatable bonds is 7. The molecule has 24 heavy (non-hydrogen) atoms. The molecule has 1 heterocycles. The molecular formula is C19H31N3O2. The number of hydrogen-bond acceptors (Lipinski definition) is 4. The molecule has 5 nitrogen and oxygen atoms in total. The Hall–Kier alpha value is -1.43. The van der Waals surface area contributed by atoms with Gasteiger partial charge in [0.05, 0.1) is 12.6 Å². The van der Waals surface area contributed by atoms with Crippen LogP contribution in [0, 0.1) is 0 Å². The average molecular weight is 333 g/mol. The van der Waals surface area contributed by atoms with Crippen LogP contribution in [0.5, 0.6) is 0 Å². The third kappa shape index (κ3) is 4.35. The number of anilines is 1. The predicted octanol–water partition coefficient (Wildman–Crippen LogP) is 1.82.